The standard InChI is InChI=1S/C25H19ClS/c26-19-12-13-20(22(16-19)17-7-3-1-2-4-8-17)18-11-14-25-23(15-18)21-9-5-6-10-24(21)27-25/h1-5,7,9,11-16H,6,8,10H2. The van der Waals surface area contributed by atoms with Crippen molar-refractivity contribution in [3.63, 3.8) is 0 Å². The van der Waals surface area contributed by atoms with E-state index in [2.05, 4.69) is 72.9 Å². The lowest BCUT2D eigenvalue weighted by molar-refractivity contribution is 1.02. The summed E-state index contributed by atoms with van der Waals surface area (Å²) in [7, 11) is 0. The molecule has 0 spiro atoms. The molecule has 2 aliphatic rings. The monoisotopic (exact) mass is 386 g/mol. The van der Waals surface area contributed by atoms with E-state index in [9.17, 15) is 0 Å². The first-order valence-electron chi connectivity index (χ1n) is 9.34. The van der Waals surface area contributed by atoms with Crippen molar-refractivity contribution >= 4 is 44.7 Å². The smallest absolute Gasteiger partial charge is 0.0412 e. The van der Waals surface area contributed by atoms with Crippen molar-refractivity contribution in [2.45, 2.75) is 19.3 Å². The van der Waals surface area contributed by atoms with Crippen LogP contribution in [0.5, 0.6) is 0 Å². The van der Waals surface area contributed by atoms with E-state index >= 15 is 0 Å². The zero-order chi connectivity index (χ0) is 18.2. The zero-order valence-electron chi connectivity index (χ0n) is 14.9. The molecule has 0 fully saturated rings. The summed E-state index contributed by atoms with van der Waals surface area (Å²) in [6.07, 6.45) is 18.5. The van der Waals surface area contributed by atoms with Crippen LogP contribution >= 0.6 is 22.9 Å². The summed E-state index contributed by atoms with van der Waals surface area (Å²) in [5, 5.41) is 2.16. The van der Waals surface area contributed by atoms with Crippen LogP contribution in [0, 0.1) is 0 Å². The maximum atomic E-state index is 6.37. The van der Waals surface area contributed by atoms with E-state index in [-0.39, 0.29) is 0 Å². The van der Waals surface area contributed by atoms with Gasteiger partial charge in [-0.25, -0.2) is 0 Å². The molecule has 0 unspecified atom stereocenters. The van der Waals surface area contributed by atoms with Crippen LogP contribution in [0.3, 0.4) is 0 Å². The number of aryl methyl sites for hydroxylation is 1. The highest BCUT2D eigenvalue weighted by atomic mass is 35.5. The molecule has 2 heteroatoms. The average Bonchev–Trinajstić information content (AvgIpc) is 2.86. The van der Waals surface area contributed by atoms with Crippen molar-refractivity contribution in [3.05, 3.63) is 93.9 Å². The molecule has 27 heavy (non-hydrogen) atoms. The van der Waals surface area contributed by atoms with Crippen LogP contribution in [-0.4, -0.2) is 0 Å². The Kier molecular flexibility index (Phi) is 4.35. The lowest BCUT2D eigenvalue weighted by Gasteiger charge is -2.13. The number of hydrogen-bond acceptors (Lipinski definition) is 1. The SMILES string of the molecule is Clc1ccc(-c2ccc3sc4c(c3c2)C=CCC4)c(C2=CC=CC=CC2)c1. The molecule has 0 amide bonds. The lowest BCUT2D eigenvalue weighted by Crippen LogP contribution is -1.91. The van der Waals surface area contributed by atoms with E-state index in [0.29, 0.717) is 0 Å². The van der Waals surface area contributed by atoms with E-state index in [1.54, 1.807) is 0 Å². The minimum atomic E-state index is 0.781. The number of benzene rings is 2. The number of fused-ring (bicyclic) bond motifs is 3. The highest BCUT2D eigenvalue weighted by molar-refractivity contribution is 7.19. The second kappa shape index (κ2) is 6.99. The summed E-state index contributed by atoms with van der Waals surface area (Å²) in [5.41, 5.74) is 6.43. The molecule has 0 N–H and O–H groups in total. The molecule has 0 saturated carbocycles. The summed E-state index contributed by atoms with van der Waals surface area (Å²) >= 11 is 8.31. The molecule has 0 nitrogen and oxygen atoms in total. The average molecular weight is 387 g/mol. The number of thiophene rings is 1. The van der Waals surface area contributed by atoms with E-state index < -0.39 is 0 Å². The Balaban J connectivity index is 1.69. The maximum Gasteiger partial charge on any atom is 0.0412 e. The van der Waals surface area contributed by atoms with Crippen molar-refractivity contribution in [3.8, 4) is 11.1 Å². The third kappa shape index (κ3) is 3.12. The Labute approximate surface area is 168 Å². The fourth-order valence-electron chi connectivity index (χ4n) is 3.93. The summed E-state index contributed by atoms with van der Waals surface area (Å²) < 4.78 is 1.38. The molecule has 1 aromatic heterocycles. The topological polar surface area (TPSA) is 0 Å². The highest BCUT2D eigenvalue weighted by Gasteiger charge is 2.15. The minimum absolute atomic E-state index is 0.781. The first-order valence-corrected chi connectivity index (χ1v) is 10.5. The first-order chi connectivity index (χ1) is 13.3. The number of halogens is 1. The van der Waals surface area contributed by atoms with Crippen LogP contribution in [0.25, 0.3) is 32.9 Å². The van der Waals surface area contributed by atoms with Crippen molar-refractivity contribution in [1.82, 2.24) is 0 Å². The minimum Gasteiger partial charge on any atom is -0.140 e. The molecule has 3 aromatic rings. The number of hydrogen-bond donors (Lipinski definition) is 0. The molecule has 0 bridgehead atoms. The van der Waals surface area contributed by atoms with Gasteiger partial charge in [-0.1, -0.05) is 66.3 Å². The van der Waals surface area contributed by atoms with Gasteiger partial charge < -0.3 is 0 Å². The molecule has 2 aromatic carbocycles. The van der Waals surface area contributed by atoms with Gasteiger partial charge in [0.1, 0.15) is 0 Å². The maximum absolute atomic E-state index is 6.37. The largest absolute Gasteiger partial charge is 0.140 e. The van der Waals surface area contributed by atoms with Gasteiger partial charge >= 0.3 is 0 Å². The van der Waals surface area contributed by atoms with E-state index in [1.165, 1.54) is 42.8 Å². The summed E-state index contributed by atoms with van der Waals surface area (Å²) in [5.74, 6) is 0. The van der Waals surface area contributed by atoms with Crippen molar-refractivity contribution < 1.29 is 0 Å². The second-order valence-corrected chi connectivity index (χ2v) is 8.56. The van der Waals surface area contributed by atoms with Gasteiger partial charge in [0.25, 0.3) is 0 Å². The Morgan fingerprint density at radius 1 is 0.889 bits per heavy atom. The van der Waals surface area contributed by atoms with Gasteiger partial charge in [0.05, 0.1) is 0 Å². The van der Waals surface area contributed by atoms with Crippen LogP contribution in [0.2, 0.25) is 5.02 Å². The van der Waals surface area contributed by atoms with Gasteiger partial charge in [-0.3, -0.25) is 0 Å². The molecular weight excluding hydrogens is 368 g/mol. The summed E-state index contributed by atoms with van der Waals surface area (Å²) in [6, 6.07) is 13.1. The third-order valence-corrected chi connectivity index (χ3v) is 6.74. The zero-order valence-corrected chi connectivity index (χ0v) is 16.5. The van der Waals surface area contributed by atoms with Gasteiger partial charge in [-0.05, 0) is 71.4 Å². The lowest BCUT2D eigenvalue weighted by atomic mass is 9.91. The molecule has 5 rings (SSSR count). The molecule has 0 aliphatic heterocycles. The summed E-state index contributed by atoms with van der Waals surface area (Å²) in [6.45, 7) is 0. The second-order valence-electron chi connectivity index (χ2n) is 6.99. The van der Waals surface area contributed by atoms with Gasteiger partial charge in [-0.2, -0.15) is 0 Å². The molecule has 0 saturated heterocycles. The Bertz CT molecular complexity index is 1150. The van der Waals surface area contributed by atoms with Gasteiger partial charge in [0.2, 0.25) is 0 Å². The Morgan fingerprint density at radius 3 is 2.81 bits per heavy atom. The Morgan fingerprint density at radius 2 is 1.85 bits per heavy atom. The predicted octanol–water partition coefficient (Wildman–Crippen LogP) is 8.08. The molecule has 2 aliphatic carbocycles. The van der Waals surface area contributed by atoms with Gasteiger partial charge in [-0.15, -0.1) is 11.3 Å². The fraction of sp³-hybridized carbons (Fsp3) is 0.120. The summed E-state index contributed by atoms with van der Waals surface area (Å²) in [4.78, 5) is 1.52. The third-order valence-electron chi connectivity index (χ3n) is 5.26. The normalized spacial score (nSPS) is 15.7. The first kappa shape index (κ1) is 16.8. The van der Waals surface area contributed by atoms with Gasteiger partial charge in [0.15, 0.2) is 0 Å². The van der Waals surface area contributed by atoms with Crippen molar-refractivity contribution in [2.24, 2.45) is 0 Å². The predicted molar refractivity (Wildman–Crippen MR) is 121 cm³/mol. The van der Waals surface area contributed by atoms with Gasteiger partial charge in [0, 0.05) is 20.0 Å². The molecular formula is C25H19ClS. The van der Waals surface area contributed by atoms with Crippen molar-refractivity contribution in [1.29, 1.82) is 0 Å². The highest BCUT2D eigenvalue weighted by Crippen LogP contribution is 2.40. The molecule has 132 valence electrons. The van der Waals surface area contributed by atoms with Crippen LogP contribution in [0.4, 0.5) is 0 Å². The van der Waals surface area contributed by atoms with Crippen LogP contribution in [0.1, 0.15) is 28.8 Å². The van der Waals surface area contributed by atoms with Crippen LogP contribution in [-0.2, 0) is 6.42 Å². The fourth-order valence-corrected chi connectivity index (χ4v) is 5.29. The van der Waals surface area contributed by atoms with Crippen molar-refractivity contribution in [2.75, 3.05) is 0 Å². The van der Waals surface area contributed by atoms with Crippen LogP contribution < -0.4 is 0 Å². The van der Waals surface area contributed by atoms with E-state index in [0.717, 1.165) is 24.3 Å². The van der Waals surface area contributed by atoms with Crippen LogP contribution in [0.15, 0.2) is 72.9 Å². The van der Waals surface area contributed by atoms with E-state index in [4.69, 9.17) is 11.6 Å². The Hall–Kier alpha value is -2.35. The number of allylic oxidation sites excluding steroid dienone is 7. The molecule has 0 atom stereocenters. The number of rotatable bonds is 2. The molecule has 1 heterocycles. The molecule has 0 radical (unpaired) electrons. The van der Waals surface area contributed by atoms with E-state index in [1.807, 2.05) is 17.4 Å². The quantitative estimate of drug-likeness (QED) is 0.417.